The molecule has 0 aromatic carbocycles. The Morgan fingerprint density at radius 2 is 2.00 bits per heavy atom. The van der Waals surface area contributed by atoms with Crippen LogP contribution in [0, 0.1) is 0 Å². The molecule has 1 rings (SSSR count). The first kappa shape index (κ1) is 15.1. The van der Waals surface area contributed by atoms with E-state index < -0.39 is 0 Å². The molecule has 1 aromatic rings. The van der Waals surface area contributed by atoms with Crippen molar-refractivity contribution in [3.05, 3.63) is 30.1 Å². The molecule has 0 radical (unpaired) electrons. The van der Waals surface area contributed by atoms with E-state index in [0.717, 1.165) is 25.1 Å². The molecule has 0 bridgehead atoms. The number of pyridine rings is 1. The van der Waals surface area contributed by atoms with Crippen LogP contribution in [-0.2, 0) is 0 Å². The van der Waals surface area contributed by atoms with E-state index in [1.165, 1.54) is 0 Å². The van der Waals surface area contributed by atoms with Gasteiger partial charge in [0, 0.05) is 18.3 Å². The average Bonchev–Trinajstić information content (AvgIpc) is 2.39. The summed E-state index contributed by atoms with van der Waals surface area (Å²) in [5.41, 5.74) is 7.43. The lowest BCUT2D eigenvalue weighted by Crippen LogP contribution is -2.45. The summed E-state index contributed by atoms with van der Waals surface area (Å²) in [5, 5.41) is 0. The molecule has 0 amide bonds. The van der Waals surface area contributed by atoms with Gasteiger partial charge < -0.3 is 5.73 Å². The highest BCUT2D eigenvalue weighted by atomic mass is 15.2. The van der Waals surface area contributed by atoms with Crippen LogP contribution >= 0.6 is 0 Å². The lowest BCUT2D eigenvalue weighted by Gasteiger charge is -2.37. The molecule has 2 unspecified atom stereocenters. The van der Waals surface area contributed by atoms with Crippen LogP contribution in [0.5, 0.6) is 0 Å². The third-order valence-corrected chi connectivity index (χ3v) is 3.37. The van der Waals surface area contributed by atoms with Gasteiger partial charge in [-0.1, -0.05) is 19.9 Å². The first-order valence-corrected chi connectivity index (χ1v) is 7.04. The van der Waals surface area contributed by atoms with Gasteiger partial charge in [-0.15, -0.1) is 0 Å². The van der Waals surface area contributed by atoms with Crippen molar-refractivity contribution in [2.24, 2.45) is 5.73 Å². The first-order valence-electron chi connectivity index (χ1n) is 7.04. The van der Waals surface area contributed by atoms with Gasteiger partial charge in [-0.2, -0.15) is 0 Å². The maximum atomic E-state index is 6.34. The maximum Gasteiger partial charge on any atom is 0.0675 e. The van der Waals surface area contributed by atoms with Crippen LogP contribution in [-0.4, -0.2) is 28.5 Å². The van der Waals surface area contributed by atoms with E-state index in [4.69, 9.17) is 5.73 Å². The standard InChI is InChI=1S/C15H27N3/c1-5-11-18(12(3)4)15(13(16)6-2)14-9-7-8-10-17-14/h7-10,12-13,15H,5-6,11,16H2,1-4H3. The lowest BCUT2D eigenvalue weighted by atomic mass is 9.99. The summed E-state index contributed by atoms with van der Waals surface area (Å²) in [5.74, 6) is 0. The highest BCUT2D eigenvalue weighted by Crippen LogP contribution is 2.25. The zero-order valence-corrected chi connectivity index (χ0v) is 12.1. The van der Waals surface area contributed by atoms with E-state index in [0.29, 0.717) is 6.04 Å². The fourth-order valence-electron chi connectivity index (χ4n) is 2.39. The maximum absolute atomic E-state index is 6.34. The number of aromatic nitrogens is 1. The number of rotatable bonds is 7. The monoisotopic (exact) mass is 249 g/mol. The number of hydrogen-bond acceptors (Lipinski definition) is 3. The summed E-state index contributed by atoms with van der Waals surface area (Å²) in [6, 6.07) is 6.92. The molecule has 1 heterocycles. The second-order valence-electron chi connectivity index (χ2n) is 5.10. The molecule has 0 spiro atoms. The Hall–Kier alpha value is -0.930. The van der Waals surface area contributed by atoms with Crippen molar-refractivity contribution in [2.45, 2.75) is 58.7 Å². The summed E-state index contributed by atoms with van der Waals surface area (Å²) < 4.78 is 0. The predicted molar refractivity (Wildman–Crippen MR) is 77.4 cm³/mol. The van der Waals surface area contributed by atoms with Gasteiger partial charge in [0.05, 0.1) is 11.7 Å². The lowest BCUT2D eigenvalue weighted by molar-refractivity contribution is 0.127. The summed E-state index contributed by atoms with van der Waals surface area (Å²) in [4.78, 5) is 6.98. The van der Waals surface area contributed by atoms with Gasteiger partial charge in [0.1, 0.15) is 0 Å². The first-order chi connectivity index (χ1) is 8.61. The number of hydrogen-bond donors (Lipinski definition) is 1. The van der Waals surface area contributed by atoms with Crippen LogP contribution < -0.4 is 5.73 Å². The number of nitrogens with zero attached hydrogens (tertiary/aromatic N) is 2. The van der Waals surface area contributed by atoms with Crippen LogP contribution in [0.1, 0.15) is 52.3 Å². The van der Waals surface area contributed by atoms with Crippen molar-refractivity contribution in [3.8, 4) is 0 Å². The molecule has 0 aliphatic rings. The quantitative estimate of drug-likeness (QED) is 0.808. The van der Waals surface area contributed by atoms with Crippen molar-refractivity contribution >= 4 is 0 Å². The fourth-order valence-corrected chi connectivity index (χ4v) is 2.39. The van der Waals surface area contributed by atoms with Crippen molar-refractivity contribution in [1.29, 1.82) is 0 Å². The molecule has 0 aliphatic heterocycles. The van der Waals surface area contributed by atoms with Crippen LogP contribution in [0.4, 0.5) is 0 Å². The summed E-state index contributed by atoms with van der Waals surface area (Å²) in [6.07, 6.45) is 3.96. The second kappa shape index (κ2) is 7.49. The van der Waals surface area contributed by atoms with Crippen molar-refractivity contribution < 1.29 is 0 Å². The molecule has 3 heteroatoms. The Balaban J connectivity index is 3.03. The van der Waals surface area contributed by atoms with E-state index in [2.05, 4.69) is 43.6 Å². The largest absolute Gasteiger partial charge is 0.326 e. The van der Waals surface area contributed by atoms with E-state index in [-0.39, 0.29) is 12.1 Å². The van der Waals surface area contributed by atoms with Crippen molar-refractivity contribution in [1.82, 2.24) is 9.88 Å². The van der Waals surface area contributed by atoms with E-state index >= 15 is 0 Å². The molecule has 0 aliphatic carbocycles. The minimum Gasteiger partial charge on any atom is -0.326 e. The van der Waals surface area contributed by atoms with Gasteiger partial charge in [-0.3, -0.25) is 9.88 Å². The molecular weight excluding hydrogens is 222 g/mol. The minimum atomic E-state index is 0.133. The van der Waals surface area contributed by atoms with Gasteiger partial charge in [0.15, 0.2) is 0 Å². The molecule has 102 valence electrons. The molecule has 18 heavy (non-hydrogen) atoms. The molecule has 3 nitrogen and oxygen atoms in total. The Morgan fingerprint density at radius 1 is 1.28 bits per heavy atom. The zero-order chi connectivity index (χ0) is 13.5. The average molecular weight is 249 g/mol. The van der Waals surface area contributed by atoms with E-state index in [1.807, 2.05) is 18.3 Å². The highest BCUT2D eigenvalue weighted by Gasteiger charge is 2.27. The molecule has 0 saturated heterocycles. The molecule has 0 saturated carbocycles. The van der Waals surface area contributed by atoms with Crippen LogP contribution in [0.2, 0.25) is 0 Å². The minimum absolute atomic E-state index is 0.133. The molecule has 2 atom stereocenters. The van der Waals surface area contributed by atoms with E-state index in [1.54, 1.807) is 0 Å². The van der Waals surface area contributed by atoms with Gasteiger partial charge >= 0.3 is 0 Å². The highest BCUT2D eigenvalue weighted by molar-refractivity contribution is 5.11. The second-order valence-corrected chi connectivity index (χ2v) is 5.10. The Kier molecular flexibility index (Phi) is 6.30. The van der Waals surface area contributed by atoms with Gasteiger partial charge in [0.25, 0.3) is 0 Å². The van der Waals surface area contributed by atoms with Crippen LogP contribution in [0.15, 0.2) is 24.4 Å². The zero-order valence-electron chi connectivity index (χ0n) is 12.1. The smallest absolute Gasteiger partial charge is 0.0675 e. The van der Waals surface area contributed by atoms with Crippen molar-refractivity contribution in [2.75, 3.05) is 6.54 Å². The normalized spacial score (nSPS) is 15.1. The molecule has 0 fully saturated rings. The predicted octanol–water partition coefficient (Wildman–Crippen LogP) is 2.98. The van der Waals surface area contributed by atoms with Gasteiger partial charge in [-0.25, -0.2) is 0 Å². The third kappa shape index (κ3) is 3.79. The van der Waals surface area contributed by atoms with Gasteiger partial charge in [-0.05, 0) is 45.4 Å². The summed E-state index contributed by atoms with van der Waals surface area (Å²) in [6.45, 7) is 9.88. The summed E-state index contributed by atoms with van der Waals surface area (Å²) in [7, 11) is 0. The van der Waals surface area contributed by atoms with E-state index in [9.17, 15) is 0 Å². The molecule has 1 aromatic heterocycles. The van der Waals surface area contributed by atoms with Crippen molar-refractivity contribution in [3.63, 3.8) is 0 Å². The third-order valence-electron chi connectivity index (χ3n) is 3.37. The Morgan fingerprint density at radius 3 is 2.44 bits per heavy atom. The Labute approximate surface area is 111 Å². The van der Waals surface area contributed by atoms with Crippen LogP contribution in [0.3, 0.4) is 0 Å². The topological polar surface area (TPSA) is 42.2 Å². The summed E-state index contributed by atoms with van der Waals surface area (Å²) >= 11 is 0. The van der Waals surface area contributed by atoms with Gasteiger partial charge in [0.2, 0.25) is 0 Å². The fraction of sp³-hybridized carbons (Fsp3) is 0.667. The SMILES string of the molecule is CCCN(C(C)C)C(c1ccccn1)C(N)CC. The Bertz CT molecular complexity index is 324. The molecular formula is C15H27N3. The number of nitrogens with two attached hydrogens (primary N) is 1. The van der Waals surface area contributed by atoms with Crippen LogP contribution in [0.25, 0.3) is 0 Å². The molecule has 2 N–H and O–H groups in total.